The summed E-state index contributed by atoms with van der Waals surface area (Å²) in [6, 6.07) is 5.33. The van der Waals surface area contributed by atoms with Gasteiger partial charge in [0.1, 0.15) is 17.9 Å². The second-order valence-corrected chi connectivity index (χ2v) is 6.31. The molecule has 0 fully saturated rings. The van der Waals surface area contributed by atoms with E-state index in [0.29, 0.717) is 5.69 Å². The number of amides is 1. The standard InChI is InChI=1S/C15H13Br2N3O3/c1-2-3-4-23-15(22)12-8-19-20(13(12)14(18)21)11-6-9(16)5-10(17)7-11/h2-3,5-8H,4H2,1H3,(H2,18,21)/b3-2+. The first kappa shape index (κ1) is 17.4. The van der Waals surface area contributed by atoms with Crippen molar-refractivity contribution < 1.29 is 14.3 Å². The Hall–Kier alpha value is -1.93. The van der Waals surface area contributed by atoms with E-state index in [9.17, 15) is 9.59 Å². The highest BCUT2D eigenvalue weighted by molar-refractivity contribution is 9.11. The molecule has 1 amide bonds. The fourth-order valence-electron chi connectivity index (χ4n) is 1.89. The summed E-state index contributed by atoms with van der Waals surface area (Å²) in [6.45, 7) is 1.92. The third kappa shape index (κ3) is 4.08. The fraction of sp³-hybridized carbons (Fsp3) is 0.133. The van der Waals surface area contributed by atoms with Crippen molar-refractivity contribution in [1.29, 1.82) is 0 Å². The Labute approximate surface area is 149 Å². The summed E-state index contributed by atoms with van der Waals surface area (Å²) in [5, 5.41) is 4.09. The number of hydrogen-bond donors (Lipinski definition) is 1. The summed E-state index contributed by atoms with van der Waals surface area (Å²) < 4.78 is 7.93. The van der Waals surface area contributed by atoms with Crippen LogP contribution in [0.1, 0.15) is 27.8 Å². The number of aromatic nitrogens is 2. The molecule has 23 heavy (non-hydrogen) atoms. The Morgan fingerprint density at radius 2 is 1.96 bits per heavy atom. The number of hydrogen-bond acceptors (Lipinski definition) is 4. The second-order valence-electron chi connectivity index (χ2n) is 4.48. The number of primary amides is 1. The molecule has 0 spiro atoms. The molecule has 0 saturated carbocycles. The number of allylic oxidation sites excluding steroid dienone is 1. The molecule has 0 radical (unpaired) electrons. The summed E-state index contributed by atoms with van der Waals surface area (Å²) in [6.07, 6.45) is 4.70. The van der Waals surface area contributed by atoms with Crippen LogP contribution in [-0.4, -0.2) is 28.3 Å². The molecule has 8 heteroatoms. The maximum absolute atomic E-state index is 12.1. The van der Waals surface area contributed by atoms with Crippen molar-refractivity contribution in [2.75, 3.05) is 6.61 Å². The molecule has 2 rings (SSSR count). The van der Waals surface area contributed by atoms with Crippen LogP contribution in [0, 0.1) is 0 Å². The van der Waals surface area contributed by atoms with Gasteiger partial charge in [0, 0.05) is 8.95 Å². The highest BCUT2D eigenvalue weighted by Gasteiger charge is 2.23. The minimum atomic E-state index is -0.767. The molecule has 0 bridgehead atoms. The zero-order chi connectivity index (χ0) is 17.0. The van der Waals surface area contributed by atoms with E-state index in [4.69, 9.17) is 10.5 Å². The van der Waals surface area contributed by atoms with Gasteiger partial charge in [0.05, 0.1) is 11.9 Å². The Balaban J connectivity index is 2.46. The number of ether oxygens (including phenoxy) is 1. The van der Waals surface area contributed by atoms with Crippen molar-refractivity contribution in [3.8, 4) is 5.69 Å². The molecule has 0 saturated heterocycles. The Kier molecular flexibility index (Phi) is 5.73. The predicted molar refractivity (Wildman–Crippen MR) is 92.6 cm³/mol. The predicted octanol–water partition coefficient (Wildman–Crippen LogP) is 3.23. The zero-order valence-electron chi connectivity index (χ0n) is 12.1. The maximum Gasteiger partial charge on any atom is 0.342 e. The van der Waals surface area contributed by atoms with E-state index in [2.05, 4.69) is 37.0 Å². The molecule has 1 aromatic carbocycles. The van der Waals surface area contributed by atoms with Gasteiger partial charge in [-0.1, -0.05) is 44.0 Å². The van der Waals surface area contributed by atoms with Crippen LogP contribution in [0.15, 0.2) is 45.5 Å². The smallest absolute Gasteiger partial charge is 0.342 e. The molecule has 0 unspecified atom stereocenters. The summed E-state index contributed by atoms with van der Waals surface area (Å²) in [5.41, 5.74) is 6.00. The van der Waals surface area contributed by atoms with E-state index in [1.807, 2.05) is 13.0 Å². The molecular formula is C15H13Br2N3O3. The number of nitrogens with zero attached hydrogens (tertiary/aromatic N) is 2. The molecule has 0 atom stereocenters. The number of nitrogens with two attached hydrogens (primary N) is 1. The first-order valence-corrected chi connectivity index (χ1v) is 8.15. The van der Waals surface area contributed by atoms with Crippen LogP contribution in [0.2, 0.25) is 0 Å². The molecule has 0 aliphatic carbocycles. The van der Waals surface area contributed by atoms with Gasteiger partial charge in [-0.3, -0.25) is 4.79 Å². The summed E-state index contributed by atoms with van der Waals surface area (Å²) >= 11 is 6.73. The molecule has 2 aromatic rings. The van der Waals surface area contributed by atoms with Crippen LogP contribution in [-0.2, 0) is 4.74 Å². The largest absolute Gasteiger partial charge is 0.458 e. The lowest BCUT2D eigenvalue weighted by Gasteiger charge is -2.08. The number of esters is 1. The average Bonchev–Trinajstić information content (AvgIpc) is 2.91. The van der Waals surface area contributed by atoms with Crippen molar-refractivity contribution >= 4 is 43.7 Å². The molecule has 0 aliphatic rings. The van der Waals surface area contributed by atoms with E-state index in [1.165, 1.54) is 10.9 Å². The van der Waals surface area contributed by atoms with E-state index in [1.54, 1.807) is 24.3 Å². The van der Waals surface area contributed by atoms with E-state index >= 15 is 0 Å². The van der Waals surface area contributed by atoms with Gasteiger partial charge in [0.15, 0.2) is 0 Å². The minimum absolute atomic E-state index is 0.0260. The summed E-state index contributed by atoms with van der Waals surface area (Å²) in [5.74, 6) is -1.42. The fourth-order valence-corrected chi connectivity index (χ4v) is 3.16. The lowest BCUT2D eigenvalue weighted by atomic mass is 10.2. The third-order valence-corrected chi connectivity index (χ3v) is 3.78. The molecule has 0 aliphatic heterocycles. The third-order valence-electron chi connectivity index (χ3n) is 2.86. The van der Waals surface area contributed by atoms with Gasteiger partial charge < -0.3 is 10.5 Å². The number of halogens is 2. The second kappa shape index (κ2) is 7.56. The van der Waals surface area contributed by atoms with Gasteiger partial charge in [-0.2, -0.15) is 5.10 Å². The first-order chi connectivity index (χ1) is 10.9. The Morgan fingerprint density at radius 1 is 1.30 bits per heavy atom. The van der Waals surface area contributed by atoms with Crippen LogP contribution < -0.4 is 5.73 Å². The summed E-state index contributed by atoms with van der Waals surface area (Å²) in [4.78, 5) is 23.9. The number of rotatable bonds is 5. The quantitative estimate of drug-likeness (QED) is 0.568. The van der Waals surface area contributed by atoms with Crippen molar-refractivity contribution in [3.63, 3.8) is 0 Å². The van der Waals surface area contributed by atoms with Crippen molar-refractivity contribution in [2.45, 2.75) is 6.92 Å². The van der Waals surface area contributed by atoms with Gasteiger partial charge in [0.25, 0.3) is 5.91 Å². The highest BCUT2D eigenvalue weighted by Crippen LogP contribution is 2.24. The molecule has 120 valence electrons. The van der Waals surface area contributed by atoms with Gasteiger partial charge in [0.2, 0.25) is 0 Å². The van der Waals surface area contributed by atoms with E-state index in [0.717, 1.165) is 8.95 Å². The normalized spacial score (nSPS) is 10.9. The first-order valence-electron chi connectivity index (χ1n) is 6.56. The van der Waals surface area contributed by atoms with Gasteiger partial charge in [-0.15, -0.1) is 0 Å². The summed E-state index contributed by atoms with van der Waals surface area (Å²) in [7, 11) is 0. The number of benzene rings is 1. The maximum atomic E-state index is 12.1. The van der Waals surface area contributed by atoms with Crippen LogP contribution >= 0.6 is 31.9 Å². The SMILES string of the molecule is C/C=C/COC(=O)c1cnn(-c2cc(Br)cc(Br)c2)c1C(N)=O. The topological polar surface area (TPSA) is 87.2 Å². The van der Waals surface area contributed by atoms with Gasteiger partial charge in [-0.05, 0) is 25.1 Å². The van der Waals surface area contributed by atoms with E-state index in [-0.39, 0.29) is 17.9 Å². The lowest BCUT2D eigenvalue weighted by molar-refractivity contribution is 0.0546. The van der Waals surface area contributed by atoms with Crippen LogP contribution in [0.25, 0.3) is 5.69 Å². The lowest BCUT2D eigenvalue weighted by Crippen LogP contribution is -2.21. The average molecular weight is 443 g/mol. The zero-order valence-corrected chi connectivity index (χ0v) is 15.3. The van der Waals surface area contributed by atoms with Crippen molar-refractivity contribution in [3.05, 3.63) is 56.8 Å². The molecule has 6 nitrogen and oxygen atoms in total. The molecule has 2 N–H and O–H groups in total. The van der Waals surface area contributed by atoms with E-state index < -0.39 is 11.9 Å². The Morgan fingerprint density at radius 3 is 2.52 bits per heavy atom. The monoisotopic (exact) mass is 441 g/mol. The van der Waals surface area contributed by atoms with Crippen molar-refractivity contribution in [2.24, 2.45) is 5.73 Å². The molecular weight excluding hydrogens is 430 g/mol. The van der Waals surface area contributed by atoms with Crippen molar-refractivity contribution in [1.82, 2.24) is 9.78 Å². The molecule has 1 heterocycles. The number of carbonyl (C=O) groups excluding carboxylic acids is 2. The van der Waals surface area contributed by atoms with Gasteiger partial charge in [-0.25, -0.2) is 9.48 Å². The van der Waals surface area contributed by atoms with Crippen LogP contribution in [0.5, 0.6) is 0 Å². The highest BCUT2D eigenvalue weighted by atomic mass is 79.9. The van der Waals surface area contributed by atoms with Gasteiger partial charge >= 0.3 is 5.97 Å². The Bertz CT molecular complexity index is 764. The minimum Gasteiger partial charge on any atom is -0.458 e. The van der Waals surface area contributed by atoms with Crippen LogP contribution in [0.3, 0.4) is 0 Å². The number of carbonyl (C=O) groups is 2. The van der Waals surface area contributed by atoms with Crippen LogP contribution in [0.4, 0.5) is 0 Å². The molecule has 1 aromatic heterocycles.